The van der Waals surface area contributed by atoms with E-state index in [0.29, 0.717) is 12.4 Å². The number of nitrogen functional groups attached to an aromatic ring is 1. The summed E-state index contributed by atoms with van der Waals surface area (Å²) < 4.78 is 0. The molecule has 90 valence electrons. The van der Waals surface area contributed by atoms with Gasteiger partial charge in [-0.3, -0.25) is 0 Å². The van der Waals surface area contributed by atoms with E-state index in [-0.39, 0.29) is 0 Å². The fourth-order valence-electron chi connectivity index (χ4n) is 2.12. The van der Waals surface area contributed by atoms with Gasteiger partial charge in [0.25, 0.3) is 0 Å². The van der Waals surface area contributed by atoms with Gasteiger partial charge in [0.2, 0.25) is 0 Å². The Morgan fingerprint density at radius 1 is 1.11 bits per heavy atom. The summed E-state index contributed by atoms with van der Waals surface area (Å²) in [5.74, 6) is 0.517. The van der Waals surface area contributed by atoms with Crippen LogP contribution in [0.4, 0.5) is 5.82 Å². The standard InChI is InChI=1S/C14H14N4/c15-8-9-1-3-10(4-2-9)12-7-13(16)18-14-11(12)5-6-17-14/h1-7H,8,15H2,(H3,16,17,18). The molecule has 0 radical (unpaired) electrons. The first kappa shape index (κ1) is 10.8. The normalized spacial score (nSPS) is 10.9. The summed E-state index contributed by atoms with van der Waals surface area (Å²) in [4.78, 5) is 7.34. The Hall–Kier alpha value is -2.33. The van der Waals surface area contributed by atoms with Crippen LogP contribution in [0.25, 0.3) is 22.2 Å². The van der Waals surface area contributed by atoms with Gasteiger partial charge in [-0.05, 0) is 28.8 Å². The van der Waals surface area contributed by atoms with Crippen molar-refractivity contribution in [1.82, 2.24) is 9.97 Å². The zero-order valence-corrected chi connectivity index (χ0v) is 9.85. The molecule has 4 heteroatoms. The molecular weight excluding hydrogens is 224 g/mol. The van der Waals surface area contributed by atoms with Crippen molar-refractivity contribution in [2.24, 2.45) is 5.73 Å². The Morgan fingerprint density at radius 2 is 1.89 bits per heavy atom. The molecule has 1 aromatic carbocycles. The number of nitrogens with two attached hydrogens (primary N) is 2. The molecule has 0 aliphatic heterocycles. The lowest BCUT2D eigenvalue weighted by Gasteiger charge is -2.06. The molecule has 0 amide bonds. The number of aromatic nitrogens is 2. The Bertz CT molecular complexity index is 683. The first-order valence-electron chi connectivity index (χ1n) is 5.81. The fraction of sp³-hybridized carbons (Fsp3) is 0.0714. The lowest BCUT2D eigenvalue weighted by Crippen LogP contribution is -1.96. The predicted octanol–water partition coefficient (Wildman–Crippen LogP) is 2.27. The van der Waals surface area contributed by atoms with Gasteiger partial charge in [-0.1, -0.05) is 24.3 Å². The van der Waals surface area contributed by atoms with E-state index in [1.165, 1.54) is 0 Å². The maximum absolute atomic E-state index is 5.83. The Kier molecular flexibility index (Phi) is 2.50. The third kappa shape index (κ3) is 1.72. The molecule has 0 atom stereocenters. The Balaban J connectivity index is 2.20. The zero-order valence-electron chi connectivity index (χ0n) is 9.85. The molecule has 0 fully saturated rings. The summed E-state index contributed by atoms with van der Waals surface area (Å²) in [6.45, 7) is 0.554. The number of anilines is 1. The van der Waals surface area contributed by atoms with Crippen LogP contribution >= 0.6 is 0 Å². The van der Waals surface area contributed by atoms with E-state index < -0.39 is 0 Å². The molecule has 2 heterocycles. The number of hydrogen-bond donors (Lipinski definition) is 3. The van der Waals surface area contributed by atoms with Gasteiger partial charge in [0, 0.05) is 18.1 Å². The Labute approximate surface area is 105 Å². The smallest absolute Gasteiger partial charge is 0.140 e. The summed E-state index contributed by atoms with van der Waals surface area (Å²) in [6, 6.07) is 12.1. The average molecular weight is 238 g/mol. The number of benzene rings is 1. The zero-order chi connectivity index (χ0) is 12.5. The summed E-state index contributed by atoms with van der Waals surface area (Å²) in [5, 5.41) is 1.07. The van der Waals surface area contributed by atoms with Crippen molar-refractivity contribution in [2.75, 3.05) is 5.73 Å². The van der Waals surface area contributed by atoms with Gasteiger partial charge < -0.3 is 16.5 Å². The number of nitrogens with one attached hydrogen (secondary N) is 1. The van der Waals surface area contributed by atoms with E-state index in [0.717, 1.165) is 27.7 Å². The topological polar surface area (TPSA) is 80.7 Å². The van der Waals surface area contributed by atoms with Gasteiger partial charge in [-0.25, -0.2) is 4.98 Å². The molecule has 3 aromatic rings. The second kappa shape index (κ2) is 4.16. The molecule has 0 aliphatic carbocycles. The molecule has 4 nitrogen and oxygen atoms in total. The quantitative estimate of drug-likeness (QED) is 0.640. The SMILES string of the molecule is NCc1ccc(-c2cc(N)nc3[nH]ccc23)cc1. The molecule has 0 spiro atoms. The minimum atomic E-state index is 0.517. The summed E-state index contributed by atoms with van der Waals surface area (Å²) in [5.41, 5.74) is 15.6. The van der Waals surface area contributed by atoms with Crippen LogP contribution in [0.15, 0.2) is 42.6 Å². The van der Waals surface area contributed by atoms with Gasteiger partial charge in [-0.15, -0.1) is 0 Å². The highest BCUT2D eigenvalue weighted by Crippen LogP contribution is 2.29. The van der Waals surface area contributed by atoms with Gasteiger partial charge >= 0.3 is 0 Å². The average Bonchev–Trinajstić information content (AvgIpc) is 2.86. The van der Waals surface area contributed by atoms with Gasteiger partial charge in [0.1, 0.15) is 11.5 Å². The molecule has 18 heavy (non-hydrogen) atoms. The van der Waals surface area contributed by atoms with Crippen LogP contribution in [0.2, 0.25) is 0 Å². The van der Waals surface area contributed by atoms with Crippen molar-refractivity contribution in [3.05, 3.63) is 48.2 Å². The lowest BCUT2D eigenvalue weighted by atomic mass is 10.0. The molecule has 0 unspecified atom stereocenters. The van der Waals surface area contributed by atoms with Crippen LogP contribution in [-0.2, 0) is 6.54 Å². The number of hydrogen-bond acceptors (Lipinski definition) is 3. The van der Waals surface area contributed by atoms with Crippen LogP contribution in [0.3, 0.4) is 0 Å². The second-order valence-corrected chi connectivity index (χ2v) is 4.24. The van der Waals surface area contributed by atoms with Gasteiger partial charge in [-0.2, -0.15) is 0 Å². The lowest BCUT2D eigenvalue weighted by molar-refractivity contribution is 1.07. The third-order valence-corrected chi connectivity index (χ3v) is 3.05. The molecule has 5 N–H and O–H groups in total. The second-order valence-electron chi connectivity index (χ2n) is 4.24. The van der Waals surface area contributed by atoms with Gasteiger partial charge in [0.15, 0.2) is 0 Å². The number of nitrogens with zero attached hydrogens (tertiary/aromatic N) is 1. The molecule has 0 saturated carbocycles. The van der Waals surface area contributed by atoms with Crippen molar-refractivity contribution < 1.29 is 0 Å². The van der Waals surface area contributed by atoms with Crippen LogP contribution in [-0.4, -0.2) is 9.97 Å². The maximum Gasteiger partial charge on any atom is 0.140 e. The van der Waals surface area contributed by atoms with Crippen molar-refractivity contribution in [3.63, 3.8) is 0 Å². The van der Waals surface area contributed by atoms with E-state index >= 15 is 0 Å². The van der Waals surface area contributed by atoms with Crippen LogP contribution < -0.4 is 11.5 Å². The highest BCUT2D eigenvalue weighted by molar-refractivity contribution is 5.94. The van der Waals surface area contributed by atoms with Gasteiger partial charge in [0.05, 0.1) is 0 Å². The predicted molar refractivity (Wildman–Crippen MR) is 73.8 cm³/mol. The maximum atomic E-state index is 5.83. The number of rotatable bonds is 2. The number of pyridine rings is 1. The summed E-state index contributed by atoms with van der Waals surface area (Å²) >= 11 is 0. The van der Waals surface area contributed by atoms with Crippen LogP contribution in [0.1, 0.15) is 5.56 Å². The highest BCUT2D eigenvalue weighted by atomic mass is 14.9. The molecule has 0 aliphatic rings. The van der Waals surface area contributed by atoms with Crippen LogP contribution in [0, 0.1) is 0 Å². The van der Waals surface area contributed by atoms with Crippen molar-refractivity contribution in [1.29, 1.82) is 0 Å². The molecule has 2 aromatic heterocycles. The first-order chi connectivity index (χ1) is 8.78. The number of fused-ring (bicyclic) bond motifs is 1. The van der Waals surface area contributed by atoms with E-state index in [4.69, 9.17) is 11.5 Å². The molecule has 0 saturated heterocycles. The monoisotopic (exact) mass is 238 g/mol. The largest absolute Gasteiger partial charge is 0.384 e. The fourth-order valence-corrected chi connectivity index (χ4v) is 2.12. The van der Waals surface area contributed by atoms with Crippen LogP contribution in [0.5, 0.6) is 0 Å². The minimum Gasteiger partial charge on any atom is -0.384 e. The summed E-state index contributed by atoms with van der Waals surface area (Å²) in [7, 11) is 0. The van der Waals surface area contributed by atoms with Crippen molar-refractivity contribution >= 4 is 16.9 Å². The van der Waals surface area contributed by atoms with Crippen molar-refractivity contribution in [2.45, 2.75) is 6.54 Å². The third-order valence-electron chi connectivity index (χ3n) is 3.05. The Morgan fingerprint density at radius 3 is 2.61 bits per heavy atom. The number of aromatic amines is 1. The molecule has 3 rings (SSSR count). The summed E-state index contributed by atoms with van der Waals surface area (Å²) in [6.07, 6.45) is 1.87. The van der Waals surface area contributed by atoms with Crippen molar-refractivity contribution in [3.8, 4) is 11.1 Å². The van der Waals surface area contributed by atoms with E-state index in [1.807, 2.05) is 30.5 Å². The molecular formula is C14H14N4. The minimum absolute atomic E-state index is 0.517. The highest BCUT2D eigenvalue weighted by Gasteiger charge is 2.07. The number of H-pyrrole nitrogens is 1. The van der Waals surface area contributed by atoms with E-state index in [1.54, 1.807) is 0 Å². The first-order valence-corrected chi connectivity index (χ1v) is 5.81. The van der Waals surface area contributed by atoms with E-state index in [2.05, 4.69) is 22.1 Å². The molecule has 0 bridgehead atoms. The van der Waals surface area contributed by atoms with E-state index in [9.17, 15) is 0 Å².